The maximum absolute atomic E-state index is 3.41. The minimum atomic E-state index is 1.22. The van der Waals surface area contributed by atoms with E-state index in [0.29, 0.717) is 0 Å². The van der Waals surface area contributed by atoms with Crippen LogP contribution in [0.1, 0.15) is 23.6 Å². The van der Waals surface area contributed by atoms with Gasteiger partial charge >= 0.3 is 0 Å². The Kier molecular flexibility index (Phi) is 3.45. The SMILES string of the molecule is C/C=C(\C=P)c1ccc(C)c(C)c1. The van der Waals surface area contributed by atoms with Gasteiger partial charge in [-0.25, -0.2) is 0 Å². The van der Waals surface area contributed by atoms with E-state index in [2.05, 4.69) is 47.0 Å². The number of hydrogen-bond donors (Lipinski definition) is 0. The van der Waals surface area contributed by atoms with Gasteiger partial charge in [-0.15, -0.1) is 8.86 Å². The van der Waals surface area contributed by atoms with Gasteiger partial charge in [0, 0.05) is 0 Å². The van der Waals surface area contributed by atoms with E-state index in [4.69, 9.17) is 0 Å². The Labute approximate surface area is 82.5 Å². The molecular weight excluding hydrogens is 175 g/mol. The van der Waals surface area contributed by atoms with E-state index >= 15 is 0 Å². The molecule has 0 spiro atoms. The molecule has 1 rings (SSSR count). The smallest absolute Gasteiger partial charge is 0.0181 e. The van der Waals surface area contributed by atoms with E-state index < -0.39 is 0 Å². The van der Waals surface area contributed by atoms with Crippen molar-refractivity contribution in [1.82, 2.24) is 0 Å². The summed E-state index contributed by atoms with van der Waals surface area (Å²) in [6.45, 7) is 6.31. The molecule has 0 aliphatic rings. The second kappa shape index (κ2) is 4.39. The summed E-state index contributed by atoms with van der Waals surface area (Å²) in [5.74, 6) is 1.95. The van der Waals surface area contributed by atoms with E-state index in [-0.39, 0.29) is 0 Å². The van der Waals surface area contributed by atoms with Crippen molar-refractivity contribution in [2.24, 2.45) is 0 Å². The van der Waals surface area contributed by atoms with Gasteiger partial charge < -0.3 is 0 Å². The molecule has 0 fully saturated rings. The highest BCUT2D eigenvalue weighted by Crippen LogP contribution is 2.16. The first-order chi connectivity index (χ1) is 6.19. The van der Waals surface area contributed by atoms with Crippen LogP contribution >= 0.6 is 8.86 Å². The molecule has 0 bridgehead atoms. The third-order valence-corrected chi connectivity index (χ3v) is 2.62. The predicted octanol–water partition coefficient (Wildman–Crippen LogP) is 3.65. The second-order valence-electron chi connectivity index (χ2n) is 3.19. The molecule has 0 aromatic heterocycles. The zero-order chi connectivity index (χ0) is 9.84. The topological polar surface area (TPSA) is 0 Å². The Morgan fingerprint density at radius 3 is 2.38 bits per heavy atom. The molecule has 0 heterocycles. The molecule has 1 aromatic rings. The van der Waals surface area contributed by atoms with Gasteiger partial charge in [0.05, 0.1) is 0 Å². The second-order valence-corrected chi connectivity index (χ2v) is 3.48. The Morgan fingerprint density at radius 2 is 1.92 bits per heavy atom. The van der Waals surface area contributed by atoms with Gasteiger partial charge in [-0.05, 0) is 48.8 Å². The van der Waals surface area contributed by atoms with Crippen LogP contribution in [-0.2, 0) is 0 Å². The van der Waals surface area contributed by atoms with Crippen molar-refractivity contribution in [3.63, 3.8) is 0 Å². The van der Waals surface area contributed by atoms with E-state index in [9.17, 15) is 0 Å². The van der Waals surface area contributed by atoms with E-state index in [1.807, 2.05) is 12.7 Å². The number of benzene rings is 1. The largest absolute Gasteiger partial charge is 0.122 e. The fourth-order valence-electron chi connectivity index (χ4n) is 1.25. The lowest BCUT2D eigenvalue weighted by Gasteiger charge is -2.05. The van der Waals surface area contributed by atoms with Crippen molar-refractivity contribution < 1.29 is 0 Å². The lowest BCUT2D eigenvalue weighted by atomic mass is 10.0. The maximum atomic E-state index is 3.41. The van der Waals surface area contributed by atoms with Crippen molar-refractivity contribution >= 4 is 20.2 Å². The van der Waals surface area contributed by atoms with Crippen LogP contribution < -0.4 is 0 Å². The molecule has 1 aromatic carbocycles. The molecule has 0 saturated heterocycles. The molecule has 68 valence electrons. The van der Waals surface area contributed by atoms with Crippen LogP contribution in [0.2, 0.25) is 0 Å². The normalized spacial score (nSPS) is 11.5. The summed E-state index contributed by atoms with van der Waals surface area (Å²) < 4.78 is 0. The van der Waals surface area contributed by atoms with Crippen molar-refractivity contribution in [2.45, 2.75) is 20.8 Å². The maximum Gasteiger partial charge on any atom is -0.0181 e. The Hall–Kier alpha value is -0.870. The van der Waals surface area contributed by atoms with Crippen LogP contribution in [0, 0.1) is 13.8 Å². The van der Waals surface area contributed by atoms with Gasteiger partial charge in [0.25, 0.3) is 0 Å². The standard InChI is InChI=1S/C12H15P/c1-4-11(8-13)12-6-5-9(2)10(3)7-12/h4-8,13H,1-3H3/b11-4+. The first-order valence-electron chi connectivity index (χ1n) is 4.43. The highest BCUT2D eigenvalue weighted by molar-refractivity contribution is 7.20. The molecule has 0 atom stereocenters. The van der Waals surface area contributed by atoms with Gasteiger partial charge in [0.1, 0.15) is 0 Å². The van der Waals surface area contributed by atoms with Crippen molar-refractivity contribution in [3.05, 3.63) is 41.0 Å². The van der Waals surface area contributed by atoms with Crippen LogP contribution in [-0.4, -0.2) is 5.80 Å². The van der Waals surface area contributed by atoms with Crippen molar-refractivity contribution in [1.29, 1.82) is 0 Å². The quantitative estimate of drug-likeness (QED) is 0.624. The zero-order valence-electron chi connectivity index (χ0n) is 8.39. The summed E-state index contributed by atoms with van der Waals surface area (Å²) in [5, 5.41) is 0. The van der Waals surface area contributed by atoms with E-state index in [1.54, 1.807) is 0 Å². The minimum Gasteiger partial charge on any atom is -0.122 e. The third-order valence-electron chi connectivity index (χ3n) is 2.31. The molecule has 0 radical (unpaired) electrons. The summed E-state index contributed by atoms with van der Waals surface area (Å²) in [6.07, 6.45) is 2.09. The Bertz CT molecular complexity index is 348. The third kappa shape index (κ3) is 2.29. The molecule has 0 unspecified atom stereocenters. The van der Waals surface area contributed by atoms with E-state index in [0.717, 1.165) is 0 Å². The number of hydrogen-bond acceptors (Lipinski definition) is 0. The van der Waals surface area contributed by atoms with Crippen LogP contribution in [0.5, 0.6) is 0 Å². The highest BCUT2D eigenvalue weighted by Gasteiger charge is 1.98. The molecule has 0 amide bonds. The summed E-state index contributed by atoms with van der Waals surface area (Å²) in [7, 11) is 3.41. The molecule has 0 saturated carbocycles. The van der Waals surface area contributed by atoms with Crippen molar-refractivity contribution in [3.8, 4) is 0 Å². The first kappa shape index (κ1) is 10.2. The molecule has 0 nitrogen and oxygen atoms in total. The summed E-state index contributed by atoms with van der Waals surface area (Å²) in [5.41, 5.74) is 5.17. The summed E-state index contributed by atoms with van der Waals surface area (Å²) in [6, 6.07) is 6.51. The molecule has 0 aliphatic carbocycles. The summed E-state index contributed by atoms with van der Waals surface area (Å²) >= 11 is 0. The molecular formula is C12H15P. The molecule has 0 aliphatic heterocycles. The van der Waals surface area contributed by atoms with Crippen LogP contribution in [0.15, 0.2) is 24.3 Å². The lowest BCUT2D eigenvalue weighted by Crippen LogP contribution is -1.87. The Balaban J connectivity index is 3.17. The van der Waals surface area contributed by atoms with Crippen molar-refractivity contribution in [2.75, 3.05) is 0 Å². The Morgan fingerprint density at radius 1 is 1.23 bits per heavy atom. The highest BCUT2D eigenvalue weighted by atomic mass is 31.0. The van der Waals surface area contributed by atoms with Crippen LogP contribution in [0.25, 0.3) is 5.57 Å². The average Bonchev–Trinajstić information content (AvgIpc) is 2.13. The molecule has 1 heteroatoms. The number of rotatable bonds is 2. The number of aryl methyl sites for hydroxylation is 2. The van der Waals surface area contributed by atoms with Crippen LogP contribution in [0.3, 0.4) is 0 Å². The summed E-state index contributed by atoms with van der Waals surface area (Å²) in [4.78, 5) is 0. The fourth-order valence-corrected chi connectivity index (χ4v) is 1.59. The molecule has 13 heavy (non-hydrogen) atoms. The lowest BCUT2D eigenvalue weighted by molar-refractivity contribution is 1.33. The molecule has 0 N–H and O–H groups in total. The van der Waals surface area contributed by atoms with Gasteiger partial charge in [-0.1, -0.05) is 24.3 Å². The van der Waals surface area contributed by atoms with Crippen LogP contribution in [0.4, 0.5) is 0 Å². The number of allylic oxidation sites excluding steroid dienone is 2. The van der Waals surface area contributed by atoms with Gasteiger partial charge in [0.2, 0.25) is 0 Å². The van der Waals surface area contributed by atoms with Gasteiger partial charge in [-0.2, -0.15) is 0 Å². The van der Waals surface area contributed by atoms with E-state index in [1.165, 1.54) is 22.3 Å². The monoisotopic (exact) mass is 190 g/mol. The minimum absolute atomic E-state index is 1.22. The first-order valence-corrected chi connectivity index (χ1v) is 5.01. The zero-order valence-corrected chi connectivity index (χ0v) is 9.39. The van der Waals surface area contributed by atoms with Gasteiger partial charge in [-0.3, -0.25) is 0 Å². The average molecular weight is 190 g/mol. The fraction of sp³-hybridized carbons (Fsp3) is 0.250. The predicted molar refractivity (Wildman–Crippen MR) is 63.9 cm³/mol. The van der Waals surface area contributed by atoms with Gasteiger partial charge in [0.15, 0.2) is 0 Å².